The van der Waals surface area contributed by atoms with E-state index >= 15 is 0 Å². The van der Waals surface area contributed by atoms with Crippen LogP contribution in [-0.2, 0) is 4.79 Å². The van der Waals surface area contributed by atoms with Crippen molar-refractivity contribution in [2.24, 2.45) is 11.3 Å². The number of hydrogen-bond acceptors (Lipinski definition) is 2. The first kappa shape index (κ1) is 10.6. The molecule has 2 atom stereocenters. The zero-order chi connectivity index (χ0) is 11.0. The van der Waals surface area contributed by atoms with Crippen LogP contribution in [0.3, 0.4) is 0 Å². The summed E-state index contributed by atoms with van der Waals surface area (Å²) in [5, 5.41) is 6.70. The van der Waals surface area contributed by atoms with Crippen molar-refractivity contribution in [3.8, 4) is 0 Å². The molecule has 1 aliphatic heterocycles. The molecule has 0 radical (unpaired) electrons. The van der Waals surface area contributed by atoms with Crippen molar-refractivity contribution in [2.75, 3.05) is 13.1 Å². The average molecular weight is 222 g/mol. The summed E-state index contributed by atoms with van der Waals surface area (Å²) in [6, 6.07) is 0.491. The minimum Gasteiger partial charge on any atom is -0.353 e. The topological polar surface area (TPSA) is 41.1 Å². The lowest BCUT2D eigenvalue weighted by molar-refractivity contribution is -0.135. The van der Waals surface area contributed by atoms with E-state index in [0.29, 0.717) is 17.9 Å². The van der Waals surface area contributed by atoms with Gasteiger partial charge < -0.3 is 10.6 Å². The van der Waals surface area contributed by atoms with Gasteiger partial charge in [-0.3, -0.25) is 4.79 Å². The van der Waals surface area contributed by atoms with Crippen molar-refractivity contribution in [1.29, 1.82) is 0 Å². The second-order valence-corrected chi connectivity index (χ2v) is 5.83. The monoisotopic (exact) mass is 222 g/mol. The van der Waals surface area contributed by atoms with Crippen LogP contribution in [0.4, 0.5) is 0 Å². The maximum atomic E-state index is 12.5. The molecule has 0 aromatic carbocycles. The number of carbonyl (C=O) groups excluding carboxylic acids is 1. The number of amides is 1. The van der Waals surface area contributed by atoms with Gasteiger partial charge in [-0.1, -0.05) is 12.8 Å². The van der Waals surface area contributed by atoms with E-state index in [-0.39, 0.29) is 5.41 Å². The lowest BCUT2D eigenvalue weighted by Crippen LogP contribution is -2.52. The highest BCUT2D eigenvalue weighted by molar-refractivity contribution is 5.84. The summed E-state index contributed by atoms with van der Waals surface area (Å²) < 4.78 is 0. The van der Waals surface area contributed by atoms with Crippen LogP contribution in [0.25, 0.3) is 0 Å². The van der Waals surface area contributed by atoms with E-state index in [4.69, 9.17) is 0 Å². The molecule has 0 aromatic rings. The van der Waals surface area contributed by atoms with Crippen LogP contribution in [0.2, 0.25) is 0 Å². The fourth-order valence-corrected chi connectivity index (χ4v) is 3.57. The van der Waals surface area contributed by atoms with E-state index in [0.717, 1.165) is 19.5 Å². The summed E-state index contributed by atoms with van der Waals surface area (Å²) in [5.74, 6) is 0.952. The lowest BCUT2D eigenvalue weighted by atomic mass is 9.67. The van der Waals surface area contributed by atoms with Gasteiger partial charge in [-0.15, -0.1) is 0 Å². The molecular formula is C13H22N2O. The largest absolute Gasteiger partial charge is 0.353 e. The van der Waals surface area contributed by atoms with Gasteiger partial charge in [-0.2, -0.15) is 0 Å². The molecule has 2 saturated carbocycles. The third-order valence-electron chi connectivity index (χ3n) is 4.93. The molecule has 0 aromatic heterocycles. The van der Waals surface area contributed by atoms with Crippen molar-refractivity contribution in [1.82, 2.24) is 10.6 Å². The van der Waals surface area contributed by atoms with E-state index in [9.17, 15) is 4.79 Å². The molecule has 0 spiro atoms. The quantitative estimate of drug-likeness (QED) is 0.742. The molecule has 3 nitrogen and oxygen atoms in total. The molecule has 0 bridgehead atoms. The Balaban J connectivity index is 1.71. The Morgan fingerprint density at radius 2 is 2.06 bits per heavy atom. The predicted molar refractivity (Wildman–Crippen MR) is 63.0 cm³/mol. The third-order valence-corrected chi connectivity index (χ3v) is 4.93. The normalized spacial score (nSPS) is 38.9. The SMILES string of the molecule is O=C(NC1CCC1)[C@@]12CCCC[C@H]1CNC2. The highest BCUT2D eigenvalue weighted by Gasteiger charge is 2.50. The molecule has 3 rings (SSSR count). The lowest BCUT2D eigenvalue weighted by Gasteiger charge is -2.39. The second-order valence-electron chi connectivity index (χ2n) is 5.83. The Bertz CT molecular complexity index is 288. The minimum atomic E-state index is -0.0478. The maximum Gasteiger partial charge on any atom is 0.228 e. The number of nitrogens with one attached hydrogen (secondary N) is 2. The first-order chi connectivity index (χ1) is 7.81. The van der Waals surface area contributed by atoms with Crippen LogP contribution in [0.5, 0.6) is 0 Å². The number of rotatable bonds is 2. The van der Waals surface area contributed by atoms with E-state index < -0.39 is 0 Å². The summed E-state index contributed by atoms with van der Waals surface area (Å²) >= 11 is 0. The van der Waals surface area contributed by atoms with Crippen molar-refractivity contribution in [3.63, 3.8) is 0 Å². The van der Waals surface area contributed by atoms with Gasteiger partial charge in [0.1, 0.15) is 0 Å². The predicted octanol–water partition coefficient (Wildman–Crippen LogP) is 1.43. The smallest absolute Gasteiger partial charge is 0.228 e. The molecule has 90 valence electrons. The standard InChI is InChI=1S/C13H22N2O/c16-12(15-11-5-3-6-11)13-7-2-1-4-10(13)8-14-9-13/h10-11,14H,1-9H2,(H,15,16)/t10-,13+/m0/s1. The number of fused-ring (bicyclic) bond motifs is 1. The van der Waals surface area contributed by atoms with Crippen LogP contribution in [-0.4, -0.2) is 25.0 Å². The van der Waals surface area contributed by atoms with Crippen molar-refractivity contribution in [3.05, 3.63) is 0 Å². The second kappa shape index (κ2) is 4.02. The van der Waals surface area contributed by atoms with Gasteiger partial charge in [0, 0.05) is 12.6 Å². The molecular weight excluding hydrogens is 200 g/mol. The first-order valence-electron chi connectivity index (χ1n) is 6.83. The summed E-state index contributed by atoms with van der Waals surface area (Å²) in [6.07, 6.45) is 8.56. The van der Waals surface area contributed by atoms with Gasteiger partial charge in [0.15, 0.2) is 0 Å². The Labute approximate surface area is 97.4 Å². The fraction of sp³-hybridized carbons (Fsp3) is 0.923. The molecule has 2 aliphatic carbocycles. The number of carbonyl (C=O) groups is 1. The molecule has 1 heterocycles. The molecule has 1 amide bonds. The van der Waals surface area contributed by atoms with Gasteiger partial charge in [0.25, 0.3) is 0 Å². The molecule has 3 aliphatic rings. The Hall–Kier alpha value is -0.570. The van der Waals surface area contributed by atoms with Crippen molar-refractivity contribution < 1.29 is 4.79 Å². The van der Waals surface area contributed by atoms with Gasteiger partial charge in [0.2, 0.25) is 5.91 Å². The summed E-state index contributed by atoms with van der Waals surface area (Å²) in [5.41, 5.74) is -0.0478. The van der Waals surface area contributed by atoms with Crippen molar-refractivity contribution in [2.45, 2.75) is 51.0 Å². The van der Waals surface area contributed by atoms with Crippen LogP contribution in [0, 0.1) is 11.3 Å². The van der Waals surface area contributed by atoms with Crippen LogP contribution in [0.1, 0.15) is 44.9 Å². The average Bonchev–Trinajstić information content (AvgIpc) is 2.67. The van der Waals surface area contributed by atoms with Gasteiger partial charge in [0.05, 0.1) is 5.41 Å². The summed E-state index contributed by atoms with van der Waals surface area (Å²) in [6.45, 7) is 1.97. The fourth-order valence-electron chi connectivity index (χ4n) is 3.57. The highest BCUT2D eigenvalue weighted by atomic mass is 16.2. The zero-order valence-corrected chi connectivity index (χ0v) is 9.93. The zero-order valence-electron chi connectivity index (χ0n) is 9.93. The highest BCUT2D eigenvalue weighted by Crippen LogP contribution is 2.44. The van der Waals surface area contributed by atoms with E-state index in [2.05, 4.69) is 10.6 Å². The molecule has 16 heavy (non-hydrogen) atoms. The van der Waals surface area contributed by atoms with Crippen molar-refractivity contribution >= 4 is 5.91 Å². The van der Waals surface area contributed by atoms with Crippen LogP contribution in [0.15, 0.2) is 0 Å². The molecule has 3 fully saturated rings. The van der Waals surface area contributed by atoms with E-state index in [1.54, 1.807) is 0 Å². The summed E-state index contributed by atoms with van der Waals surface area (Å²) in [7, 11) is 0. The summed E-state index contributed by atoms with van der Waals surface area (Å²) in [4.78, 5) is 12.5. The first-order valence-corrected chi connectivity index (χ1v) is 6.83. The minimum absolute atomic E-state index is 0.0478. The van der Waals surface area contributed by atoms with Gasteiger partial charge in [-0.25, -0.2) is 0 Å². The molecule has 1 saturated heterocycles. The van der Waals surface area contributed by atoms with Gasteiger partial charge in [-0.05, 0) is 44.6 Å². The Kier molecular flexibility index (Phi) is 2.66. The molecule has 2 N–H and O–H groups in total. The van der Waals surface area contributed by atoms with Crippen LogP contribution < -0.4 is 10.6 Å². The van der Waals surface area contributed by atoms with E-state index in [1.165, 1.54) is 38.5 Å². The Morgan fingerprint density at radius 3 is 2.81 bits per heavy atom. The molecule has 0 unspecified atom stereocenters. The Morgan fingerprint density at radius 1 is 1.19 bits per heavy atom. The molecule has 3 heteroatoms. The van der Waals surface area contributed by atoms with E-state index in [1.807, 2.05) is 0 Å². The maximum absolute atomic E-state index is 12.5. The van der Waals surface area contributed by atoms with Crippen LogP contribution >= 0.6 is 0 Å². The third kappa shape index (κ3) is 1.56. The van der Waals surface area contributed by atoms with Gasteiger partial charge >= 0.3 is 0 Å². The number of hydrogen-bond donors (Lipinski definition) is 2.